The Bertz CT molecular complexity index is 713. The molecule has 0 aromatic carbocycles. The lowest BCUT2D eigenvalue weighted by molar-refractivity contribution is -0.140. The second kappa shape index (κ2) is 6.84. The summed E-state index contributed by atoms with van der Waals surface area (Å²) in [6.45, 7) is 2.78. The Balaban J connectivity index is 2.31. The van der Waals surface area contributed by atoms with E-state index in [1.165, 1.54) is 6.07 Å². The maximum Gasteiger partial charge on any atom is 0.433 e. The van der Waals surface area contributed by atoms with E-state index in [4.69, 9.17) is 4.74 Å². The highest BCUT2D eigenvalue weighted by Crippen LogP contribution is 2.34. The molecule has 0 aliphatic heterocycles. The number of fused-ring (bicyclic) bond motifs is 1. The number of ether oxygens (including phenoxy) is 1. The first kappa shape index (κ1) is 17.7. The average Bonchev–Trinajstić information content (AvgIpc) is 2.82. The van der Waals surface area contributed by atoms with E-state index in [-0.39, 0.29) is 10.7 Å². The predicted octanol–water partition coefficient (Wildman–Crippen LogP) is 3.73. The van der Waals surface area contributed by atoms with Gasteiger partial charge in [0.1, 0.15) is 10.5 Å². The molecule has 0 saturated carbocycles. The standard InChI is InChI=1S/C15H17F3N2O2S/c1-9-10-5-6-11(15(16,17)18)19-13(10)23-12(9)14(21)20(2)7-4-8-22-3/h5-6H,4,7-8H2,1-3H3. The number of pyridine rings is 1. The molecule has 23 heavy (non-hydrogen) atoms. The van der Waals surface area contributed by atoms with E-state index >= 15 is 0 Å². The maximum atomic E-state index is 12.7. The summed E-state index contributed by atoms with van der Waals surface area (Å²) in [5.41, 5.74) is -0.284. The minimum Gasteiger partial charge on any atom is -0.385 e. The summed E-state index contributed by atoms with van der Waals surface area (Å²) < 4.78 is 43.2. The number of hydrogen-bond acceptors (Lipinski definition) is 4. The van der Waals surface area contributed by atoms with Crippen LogP contribution >= 0.6 is 11.3 Å². The van der Waals surface area contributed by atoms with E-state index in [1.807, 2.05) is 0 Å². The van der Waals surface area contributed by atoms with E-state index in [0.29, 0.717) is 35.4 Å². The first-order chi connectivity index (χ1) is 10.8. The number of aromatic nitrogens is 1. The predicted molar refractivity (Wildman–Crippen MR) is 82.8 cm³/mol. The van der Waals surface area contributed by atoms with Crippen molar-refractivity contribution in [2.75, 3.05) is 27.3 Å². The van der Waals surface area contributed by atoms with Gasteiger partial charge in [-0.15, -0.1) is 11.3 Å². The maximum absolute atomic E-state index is 12.7. The molecule has 1 amide bonds. The smallest absolute Gasteiger partial charge is 0.385 e. The number of aryl methyl sites for hydroxylation is 1. The minimum absolute atomic E-state index is 0.213. The molecule has 2 aromatic rings. The largest absolute Gasteiger partial charge is 0.433 e. The van der Waals surface area contributed by atoms with Crippen molar-refractivity contribution in [1.29, 1.82) is 0 Å². The molecule has 0 aliphatic rings. The topological polar surface area (TPSA) is 42.4 Å². The van der Waals surface area contributed by atoms with Gasteiger partial charge in [0.25, 0.3) is 5.91 Å². The van der Waals surface area contributed by atoms with E-state index < -0.39 is 11.9 Å². The van der Waals surface area contributed by atoms with Gasteiger partial charge in [-0.3, -0.25) is 4.79 Å². The number of nitrogens with zero attached hydrogens (tertiary/aromatic N) is 2. The second-order valence-corrected chi connectivity index (χ2v) is 6.18. The SMILES string of the molecule is COCCCN(C)C(=O)c1sc2nc(C(F)(F)F)ccc2c1C. The van der Waals surface area contributed by atoms with Gasteiger partial charge in [0.15, 0.2) is 0 Å². The molecule has 126 valence electrons. The third-order valence-electron chi connectivity index (χ3n) is 3.48. The van der Waals surface area contributed by atoms with E-state index in [0.717, 1.165) is 17.4 Å². The highest BCUT2D eigenvalue weighted by atomic mass is 32.1. The molecule has 0 saturated heterocycles. The molecule has 0 N–H and O–H groups in total. The van der Waals surface area contributed by atoms with Crippen molar-refractivity contribution in [3.8, 4) is 0 Å². The van der Waals surface area contributed by atoms with E-state index in [1.54, 1.807) is 26.0 Å². The van der Waals surface area contributed by atoms with Crippen molar-refractivity contribution in [1.82, 2.24) is 9.88 Å². The molecule has 0 atom stereocenters. The normalized spacial score (nSPS) is 11.9. The number of halogens is 3. The zero-order valence-electron chi connectivity index (χ0n) is 13.0. The molecule has 0 spiro atoms. The first-order valence-corrected chi connectivity index (χ1v) is 7.79. The Morgan fingerprint density at radius 2 is 2.09 bits per heavy atom. The van der Waals surface area contributed by atoms with Gasteiger partial charge in [0, 0.05) is 32.7 Å². The van der Waals surface area contributed by atoms with Crippen LogP contribution in [-0.2, 0) is 10.9 Å². The fourth-order valence-corrected chi connectivity index (χ4v) is 3.36. The van der Waals surface area contributed by atoms with Crippen LogP contribution in [0, 0.1) is 6.92 Å². The number of alkyl halides is 3. The summed E-state index contributed by atoms with van der Waals surface area (Å²) in [6.07, 6.45) is -3.80. The van der Waals surface area contributed by atoms with Gasteiger partial charge in [0.05, 0.1) is 4.88 Å². The van der Waals surface area contributed by atoms with Crippen molar-refractivity contribution in [2.45, 2.75) is 19.5 Å². The van der Waals surface area contributed by atoms with Crippen LogP contribution in [0.25, 0.3) is 10.2 Å². The first-order valence-electron chi connectivity index (χ1n) is 6.97. The number of thiophene rings is 1. The van der Waals surface area contributed by atoms with Gasteiger partial charge < -0.3 is 9.64 Å². The van der Waals surface area contributed by atoms with Crippen LogP contribution in [0.3, 0.4) is 0 Å². The average molecular weight is 346 g/mol. The number of rotatable bonds is 5. The fraction of sp³-hybridized carbons (Fsp3) is 0.467. The molecular formula is C15H17F3N2O2S. The highest BCUT2D eigenvalue weighted by molar-refractivity contribution is 7.20. The lowest BCUT2D eigenvalue weighted by atomic mass is 10.1. The van der Waals surface area contributed by atoms with Crippen molar-refractivity contribution < 1.29 is 22.7 Å². The van der Waals surface area contributed by atoms with Crippen molar-refractivity contribution in [2.24, 2.45) is 0 Å². The number of amides is 1. The van der Waals surface area contributed by atoms with Crippen molar-refractivity contribution in [3.63, 3.8) is 0 Å². The van der Waals surface area contributed by atoms with Crippen LogP contribution in [-0.4, -0.2) is 43.1 Å². The van der Waals surface area contributed by atoms with Gasteiger partial charge in [-0.25, -0.2) is 4.98 Å². The lowest BCUT2D eigenvalue weighted by Crippen LogP contribution is -2.28. The molecule has 0 bridgehead atoms. The van der Waals surface area contributed by atoms with Crippen LogP contribution in [0.5, 0.6) is 0 Å². The lowest BCUT2D eigenvalue weighted by Gasteiger charge is -2.16. The van der Waals surface area contributed by atoms with Crippen molar-refractivity contribution in [3.05, 3.63) is 28.3 Å². The molecule has 0 radical (unpaired) electrons. The van der Waals surface area contributed by atoms with E-state index in [2.05, 4.69) is 4.98 Å². The summed E-state index contributed by atoms with van der Waals surface area (Å²) in [6, 6.07) is 2.32. The third kappa shape index (κ3) is 3.81. The number of hydrogen-bond donors (Lipinski definition) is 0. The molecule has 0 unspecified atom stereocenters. The molecule has 0 fully saturated rings. The Hall–Kier alpha value is -1.67. The monoisotopic (exact) mass is 346 g/mol. The number of carbonyl (C=O) groups is 1. The molecule has 2 heterocycles. The van der Waals surface area contributed by atoms with E-state index in [9.17, 15) is 18.0 Å². The summed E-state index contributed by atoms with van der Waals surface area (Å²) in [5, 5.41) is 0.580. The molecule has 2 aromatic heterocycles. The zero-order chi connectivity index (χ0) is 17.2. The summed E-state index contributed by atoms with van der Waals surface area (Å²) in [7, 11) is 3.25. The molecule has 2 rings (SSSR count). The number of carbonyl (C=O) groups excluding carboxylic acids is 1. The quantitative estimate of drug-likeness (QED) is 0.775. The summed E-state index contributed by atoms with van der Waals surface area (Å²) >= 11 is 0.996. The molecule has 8 heteroatoms. The van der Waals surface area contributed by atoms with Crippen molar-refractivity contribution >= 4 is 27.5 Å². The van der Waals surface area contributed by atoms with Gasteiger partial charge >= 0.3 is 6.18 Å². The minimum atomic E-state index is -4.49. The Morgan fingerprint density at radius 1 is 1.39 bits per heavy atom. The summed E-state index contributed by atoms with van der Waals surface area (Å²) in [5.74, 6) is -0.213. The van der Waals surface area contributed by atoms with Crippen LogP contribution in [0.1, 0.15) is 27.3 Å². The number of methoxy groups -OCH3 is 1. The van der Waals surface area contributed by atoms with Gasteiger partial charge in [-0.1, -0.05) is 0 Å². The third-order valence-corrected chi connectivity index (χ3v) is 4.67. The summed E-state index contributed by atoms with van der Waals surface area (Å²) in [4.78, 5) is 18.3. The van der Waals surface area contributed by atoms with Gasteiger partial charge in [-0.05, 0) is 31.0 Å². The molecule has 4 nitrogen and oxygen atoms in total. The molecule has 0 aliphatic carbocycles. The zero-order valence-corrected chi connectivity index (χ0v) is 13.8. The molecular weight excluding hydrogens is 329 g/mol. The Kier molecular flexibility index (Phi) is 5.26. The van der Waals surface area contributed by atoms with Crippen LogP contribution in [0.4, 0.5) is 13.2 Å². The van der Waals surface area contributed by atoms with Crippen LogP contribution in [0.15, 0.2) is 12.1 Å². The Labute approximate surface area is 135 Å². The highest BCUT2D eigenvalue weighted by Gasteiger charge is 2.33. The van der Waals surface area contributed by atoms with Gasteiger partial charge in [0.2, 0.25) is 0 Å². The Morgan fingerprint density at radius 3 is 2.70 bits per heavy atom. The second-order valence-electron chi connectivity index (χ2n) is 5.18. The van der Waals surface area contributed by atoms with Crippen LogP contribution < -0.4 is 0 Å². The fourth-order valence-electron chi connectivity index (χ4n) is 2.18. The van der Waals surface area contributed by atoms with Crippen LogP contribution in [0.2, 0.25) is 0 Å². The van der Waals surface area contributed by atoms with Gasteiger partial charge in [-0.2, -0.15) is 13.2 Å².